The Hall–Kier alpha value is -2.02. The molecule has 1 aromatic rings. The lowest BCUT2D eigenvalue weighted by Crippen LogP contribution is -2.42. The van der Waals surface area contributed by atoms with Gasteiger partial charge in [0.05, 0.1) is 19.8 Å². The second-order valence-corrected chi connectivity index (χ2v) is 11.7. The molecule has 0 N–H and O–H groups in total. The molecule has 6 nitrogen and oxygen atoms in total. The van der Waals surface area contributed by atoms with E-state index in [4.69, 9.17) is 18.6 Å². The third-order valence-electron chi connectivity index (χ3n) is 4.10. The molecule has 0 saturated carbocycles. The van der Waals surface area contributed by atoms with Crippen molar-refractivity contribution < 1.29 is 28.2 Å². The maximum absolute atomic E-state index is 12.6. The Morgan fingerprint density at radius 2 is 1.46 bits per heavy atom. The van der Waals surface area contributed by atoms with Crippen LogP contribution in [-0.2, 0) is 9.22 Å². The summed E-state index contributed by atoms with van der Waals surface area (Å²) >= 11 is 0. The fraction of sp³-hybridized carbons (Fsp3) is 0.529. The summed E-state index contributed by atoms with van der Waals surface area (Å²) in [5.74, 6) is -0.370. The molecule has 0 aliphatic heterocycles. The SMILES string of the molecule is COc1cc(C(=O)O[Si](C)(C)C(C)(C)C)cc(OC)c1OC(C)=O. The highest BCUT2D eigenvalue weighted by atomic mass is 28.4. The first-order chi connectivity index (χ1) is 10.9. The zero-order chi connectivity index (χ0) is 18.7. The van der Waals surface area contributed by atoms with Crippen molar-refractivity contribution in [1.29, 1.82) is 0 Å². The summed E-state index contributed by atoms with van der Waals surface area (Å²) < 4.78 is 21.4. The first-order valence-corrected chi connectivity index (χ1v) is 10.5. The molecule has 134 valence electrons. The Balaban J connectivity index is 3.26. The van der Waals surface area contributed by atoms with Crippen molar-refractivity contribution >= 4 is 20.3 Å². The highest BCUT2D eigenvalue weighted by Crippen LogP contribution is 2.40. The van der Waals surface area contributed by atoms with E-state index in [2.05, 4.69) is 20.8 Å². The third-order valence-corrected chi connectivity index (χ3v) is 8.40. The molecule has 0 atom stereocenters. The molecular formula is C17H26O6Si. The topological polar surface area (TPSA) is 71.1 Å². The summed E-state index contributed by atoms with van der Waals surface area (Å²) in [5.41, 5.74) is 0.282. The second-order valence-electron chi connectivity index (χ2n) is 6.95. The molecule has 0 aliphatic carbocycles. The molecule has 0 saturated heterocycles. The van der Waals surface area contributed by atoms with E-state index in [9.17, 15) is 9.59 Å². The first kappa shape index (κ1) is 20.0. The zero-order valence-corrected chi connectivity index (χ0v) is 16.6. The second kappa shape index (κ2) is 7.25. The van der Waals surface area contributed by atoms with Crippen LogP contribution in [0.5, 0.6) is 17.2 Å². The molecule has 7 heteroatoms. The molecule has 0 unspecified atom stereocenters. The Morgan fingerprint density at radius 1 is 1.00 bits per heavy atom. The summed E-state index contributed by atoms with van der Waals surface area (Å²) in [7, 11) is 0.580. The van der Waals surface area contributed by atoms with Crippen molar-refractivity contribution in [2.75, 3.05) is 14.2 Å². The summed E-state index contributed by atoms with van der Waals surface area (Å²) in [5, 5.41) is -0.103. The van der Waals surface area contributed by atoms with Crippen molar-refractivity contribution in [3.63, 3.8) is 0 Å². The van der Waals surface area contributed by atoms with E-state index in [0.717, 1.165) is 0 Å². The van der Waals surface area contributed by atoms with Gasteiger partial charge in [-0.25, -0.2) is 4.79 Å². The number of hydrogen-bond donors (Lipinski definition) is 0. The quantitative estimate of drug-likeness (QED) is 0.455. The maximum atomic E-state index is 12.6. The Bertz CT molecular complexity index is 605. The molecule has 1 rings (SSSR count). The van der Waals surface area contributed by atoms with Crippen molar-refractivity contribution in [1.82, 2.24) is 0 Å². The van der Waals surface area contributed by atoms with Gasteiger partial charge in [-0.05, 0) is 30.3 Å². The van der Waals surface area contributed by atoms with Crippen LogP contribution >= 0.6 is 0 Å². The number of esters is 1. The molecule has 0 aromatic heterocycles. The normalized spacial score (nSPS) is 11.7. The van der Waals surface area contributed by atoms with Crippen molar-refractivity contribution in [3.05, 3.63) is 17.7 Å². The number of carbonyl (C=O) groups excluding carboxylic acids is 2. The monoisotopic (exact) mass is 354 g/mol. The van der Waals surface area contributed by atoms with Gasteiger partial charge in [-0.1, -0.05) is 20.8 Å². The highest BCUT2D eigenvalue weighted by Gasteiger charge is 2.40. The van der Waals surface area contributed by atoms with Gasteiger partial charge >= 0.3 is 11.9 Å². The summed E-state index contributed by atoms with van der Waals surface area (Å²) in [4.78, 5) is 23.8. The molecule has 1 aromatic carbocycles. The van der Waals surface area contributed by atoms with E-state index in [-0.39, 0.29) is 27.9 Å². The van der Waals surface area contributed by atoms with E-state index in [1.54, 1.807) is 0 Å². The number of rotatable bonds is 5. The Labute approximate surface area is 144 Å². The average Bonchev–Trinajstić information content (AvgIpc) is 2.44. The van der Waals surface area contributed by atoms with Gasteiger partial charge in [0.15, 0.2) is 11.5 Å². The van der Waals surface area contributed by atoms with Crippen LogP contribution in [0.1, 0.15) is 38.1 Å². The fourth-order valence-electron chi connectivity index (χ4n) is 1.69. The van der Waals surface area contributed by atoms with Crippen LogP contribution in [0.4, 0.5) is 0 Å². The molecule has 0 bridgehead atoms. The zero-order valence-electron chi connectivity index (χ0n) is 15.6. The van der Waals surface area contributed by atoms with E-state index in [1.807, 2.05) is 13.1 Å². The minimum absolute atomic E-state index is 0.103. The number of methoxy groups -OCH3 is 2. The summed E-state index contributed by atoms with van der Waals surface area (Å²) in [6.45, 7) is 11.4. The average molecular weight is 354 g/mol. The van der Waals surface area contributed by atoms with Gasteiger partial charge in [0.25, 0.3) is 8.32 Å². The number of carbonyl (C=O) groups is 2. The van der Waals surface area contributed by atoms with Crippen molar-refractivity contribution in [2.24, 2.45) is 0 Å². The van der Waals surface area contributed by atoms with Gasteiger partial charge in [-0.15, -0.1) is 0 Å². The standard InChI is InChI=1S/C17H26O6Si/c1-11(18)22-15-13(20-5)9-12(10-14(15)21-6)16(19)23-24(7,8)17(2,3)4/h9-10H,1-8H3. The Kier molecular flexibility index (Phi) is 6.05. The summed E-state index contributed by atoms with van der Waals surface area (Å²) in [6, 6.07) is 2.96. The molecule has 0 heterocycles. The maximum Gasteiger partial charge on any atom is 0.325 e. The largest absolute Gasteiger partial charge is 0.516 e. The van der Waals surface area contributed by atoms with Crippen LogP contribution in [0, 0.1) is 0 Å². The van der Waals surface area contributed by atoms with Crippen LogP contribution in [0.15, 0.2) is 12.1 Å². The lowest BCUT2D eigenvalue weighted by atomic mass is 10.2. The third kappa shape index (κ3) is 4.50. The van der Waals surface area contributed by atoms with Gasteiger partial charge in [0, 0.05) is 6.92 Å². The first-order valence-electron chi connectivity index (χ1n) is 7.60. The lowest BCUT2D eigenvalue weighted by Gasteiger charge is -2.35. The minimum Gasteiger partial charge on any atom is -0.516 e. The van der Waals surface area contributed by atoms with Gasteiger partial charge in [0.2, 0.25) is 5.75 Å². The van der Waals surface area contributed by atoms with Crippen LogP contribution in [-0.4, -0.2) is 34.5 Å². The summed E-state index contributed by atoms with van der Waals surface area (Å²) in [6.07, 6.45) is 0. The van der Waals surface area contributed by atoms with Crippen molar-refractivity contribution in [3.8, 4) is 17.2 Å². The Morgan fingerprint density at radius 3 is 1.79 bits per heavy atom. The molecule has 24 heavy (non-hydrogen) atoms. The van der Waals surface area contributed by atoms with Crippen molar-refractivity contribution in [2.45, 2.75) is 45.8 Å². The smallest absolute Gasteiger partial charge is 0.325 e. The van der Waals surface area contributed by atoms with Crippen LogP contribution in [0.3, 0.4) is 0 Å². The molecule has 0 spiro atoms. The van der Waals surface area contributed by atoms with Gasteiger partial charge < -0.3 is 18.6 Å². The molecule has 0 aliphatic rings. The van der Waals surface area contributed by atoms with E-state index in [1.165, 1.54) is 33.3 Å². The minimum atomic E-state index is -2.26. The van der Waals surface area contributed by atoms with Gasteiger partial charge in [-0.3, -0.25) is 4.79 Å². The number of ether oxygens (including phenoxy) is 3. The molecular weight excluding hydrogens is 328 g/mol. The van der Waals surface area contributed by atoms with E-state index < -0.39 is 20.3 Å². The predicted octanol–water partition coefficient (Wildman–Crippen LogP) is 3.79. The van der Waals surface area contributed by atoms with Gasteiger partial charge in [-0.2, -0.15) is 0 Å². The fourth-order valence-corrected chi connectivity index (χ4v) is 2.57. The number of hydrogen-bond acceptors (Lipinski definition) is 6. The molecule has 0 radical (unpaired) electrons. The van der Waals surface area contributed by atoms with Gasteiger partial charge in [0.1, 0.15) is 0 Å². The van der Waals surface area contributed by atoms with Crippen LogP contribution in [0.25, 0.3) is 0 Å². The number of benzene rings is 1. The lowest BCUT2D eigenvalue weighted by molar-refractivity contribution is -0.132. The highest BCUT2D eigenvalue weighted by molar-refractivity contribution is 6.75. The van der Waals surface area contributed by atoms with Crippen LogP contribution in [0.2, 0.25) is 18.1 Å². The molecule has 0 fully saturated rings. The predicted molar refractivity (Wildman–Crippen MR) is 93.5 cm³/mol. The van der Waals surface area contributed by atoms with Crippen LogP contribution < -0.4 is 14.2 Å². The molecule has 0 amide bonds. The van der Waals surface area contributed by atoms with E-state index >= 15 is 0 Å². The van der Waals surface area contributed by atoms with E-state index in [0.29, 0.717) is 0 Å².